The third kappa shape index (κ3) is 4.11. The minimum absolute atomic E-state index is 0.154. The molecule has 0 amide bonds. The third-order valence-corrected chi connectivity index (χ3v) is 7.07. The summed E-state index contributed by atoms with van der Waals surface area (Å²) in [7, 11) is 3.39. The highest BCUT2D eigenvalue weighted by Gasteiger charge is 2.35. The summed E-state index contributed by atoms with van der Waals surface area (Å²) in [6, 6.07) is 17.7. The van der Waals surface area contributed by atoms with E-state index >= 15 is 0 Å². The second-order valence-electron chi connectivity index (χ2n) is 8.08. The number of aromatic amines is 1. The maximum absolute atomic E-state index is 6.76. The Hall–Kier alpha value is -3.13. The van der Waals surface area contributed by atoms with Crippen LogP contribution in [0.4, 0.5) is 0 Å². The second-order valence-corrected chi connectivity index (χ2v) is 8.86. The number of halogens is 2. The van der Waals surface area contributed by atoms with Gasteiger partial charge in [-0.1, -0.05) is 59.6 Å². The zero-order valence-electron chi connectivity index (χ0n) is 18.8. The van der Waals surface area contributed by atoms with E-state index in [1.54, 1.807) is 20.3 Å². The monoisotopic (exact) mass is 495 g/mol. The minimum atomic E-state index is -0.154. The van der Waals surface area contributed by atoms with Crippen LogP contribution < -0.4 is 9.47 Å². The van der Waals surface area contributed by atoms with Crippen LogP contribution in [0.2, 0.25) is 10.0 Å². The molecular formula is C25H23Cl2N5O2. The summed E-state index contributed by atoms with van der Waals surface area (Å²) in [5.41, 5.74) is 5.21. The van der Waals surface area contributed by atoms with E-state index in [-0.39, 0.29) is 6.04 Å². The summed E-state index contributed by atoms with van der Waals surface area (Å²) in [4.78, 5) is 2.40. The lowest BCUT2D eigenvalue weighted by Gasteiger charge is -2.39. The summed E-state index contributed by atoms with van der Waals surface area (Å²) in [5, 5.41) is 15.1. The van der Waals surface area contributed by atoms with Crippen molar-refractivity contribution >= 4 is 23.2 Å². The first-order chi connectivity index (χ1) is 16.6. The third-order valence-electron chi connectivity index (χ3n) is 6.24. The second kappa shape index (κ2) is 9.62. The maximum atomic E-state index is 6.76. The van der Waals surface area contributed by atoms with Gasteiger partial charge in [-0.2, -0.15) is 0 Å². The van der Waals surface area contributed by atoms with Crippen molar-refractivity contribution < 1.29 is 9.47 Å². The molecular weight excluding hydrogens is 473 g/mol. The van der Waals surface area contributed by atoms with E-state index in [0.29, 0.717) is 22.4 Å². The van der Waals surface area contributed by atoms with Gasteiger partial charge in [-0.25, -0.2) is 5.10 Å². The Kier molecular flexibility index (Phi) is 6.41. The molecule has 2 heterocycles. The van der Waals surface area contributed by atoms with Gasteiger partial charge in [0.1, 0.15) is 11.5 Å². The summed E-state index contributed by atoms with van der Waals surface area (Å²) in [6.07, 6.45) is 0.826. The van der Waals surface area contributed by atoms with Gasteiger partial charge in [0.15, 0.2) is 5.82 Å². The van der Waals surface area contributed by atoms with E-state index < -0.39 is 0 Å². The van der Waals surface area contributed by atoms with E-state index in [2.05, 4.69) is 37.7 Å². The highest BCUT2D eigenvalue weighted by Crippen LogP contribution is 2.47. The largest absolute Gasteiger partial charge is 0.496 e. The summed E-state index contributed by atoms with van der Waals surface area (Å²) in [6.45, 7) is 1.53. The molecule has 0 fully saturated rings. The van der Waals surface area contributed by atoms with Crippen LogP contribution >= 0.6 is 23.2 Å². The number of nitrogens with one attached hydrogen (secondary N) is 1. The van der Waals surface area contributed by atoms with Gasteiger partial charge in [0.2, 0.25) is 0 Å². The van der Waals surface area contributed by atoms with Gasteiger partial charge in [0, 0.05) is 29.8 Å². The Labute approximate surface area is 207 Å². The van der Waals surface area contributed by atoms with Crippen LogP contribution in [0, 0.1) is 0 Å². The number of hydrogen-bond donors (Lipinski definition) is 1. The number of nitrogens with zero attached hydrogens (tertiary/aromatic N) is 4. The maximum Gasteiger partial charge on any atom is 0.179 e. The molecule has 5 rings (SSSR count). The first kappa shape index (κ1) is 22.7. The fourth-order valence-electron chi connectivity index (χ4n) is 4.66. The zero-order chi connectivity index (χ0) is 23.7. The van der Waals surface area contributed by atoms with Crippen molar-refractivity contribution in [3.8, 4) is 22.9 Å². The Morgan fingerprint density at radius 3 is 2.47 bits per heavy atom. The van der Waals surface area contributed by atoms with Gasteiger partial charge in [0.25, 0.3) is 0 Å². The molecule has 1 atom stereocenters. The number of aromatic nitrogens is 4. The highest BCUT2D eigenvalue weighted by atomic mass is 35.5. The van der Waals surface area contributed by atoms with Crippen molar-refractivity contribution in [3.05, 3.63) is 86.9 Å². The number of benzene rings is 3. The van der Waals surface area contributed by atoms with Gasteiger partial charge in [-0.15, -0.1) is 5.10 Å². The lowest BCUT2D eigenvalue weighted by molar-refractivity contribution is 0.198. The van der Waals surface area contributed by atoms with Crippen LogP contribution in [0.1, 0.15) is 28.3 Å². The smallest absolute Gasteiger partial charge is 0.179 e. The minimum Gasteiger partial charge on any atom is -0.496 e. The van der Waals surface area contributed by atoms with E-state index in [1.165, 1.54) is 0 Å². The number of rotatable bonds is 6. The lowest BCUT2D eigenvalue weighted by Crippen LogP contribution is -2.36. The van der Waals surface area contributed by atoms with Gasteiger partial charge < -0.3 is 9.47 Å². The molecule has 0 saturated carbocycles. The molecule has 0 bridgehead atoms. The molecule has 3 aromatic carbocycles. The van der Waals surface area contributed by atoms with Gasteiger partial charge in [-0.3, -0.25) is 4.90 Å². The molecule has 4 aromatic rings. The van der Waals surface area contributed by atoms with Crippen molar-refractivity contribution in [3.63, 3.8) is 0 Å². The number of H-pyrrole nitrogens is 1. The molecule has 7 nitrogen and oxygen atoms in total. The van der Waals surface area contributed by atoms with Crippen molar-refractivity contribution in [1.29, 1.82) is 0 Å². The van der Waals surface area contributed by atoms with E-state index in [9.17, 15) is 0 Å². The zero-order valence-corrected chi connectivity index (χ0v) is 20.3. The van der Waals surface area contributed by atoms with Crippen LogP contribution in [0.5, 0.6) is 11.5 Å². The molecule has 1 aliphatic rings. The molecule has 0 radical (unpaired) electrons. The molecule has 34 heavy (non-hydrogen) atoms. The van der Waals surface area contributed by atoms with Crippen molar-refractivity contribution in [2.24, 2.45) is 0 Å². The standard InChI is InChI=1S/C25H23Cl2N5O2/c1-33-20-10-11-21(34-2)22-17(20)12-13-32(24(22)18-4-3-5-19(26)23(18)27)14-15-6-8-16(9-7-15)25-28-30-31-29-25/h3-11,24H,12-14H2,1-2H3,(H,28,29,30,31). The quantitative estimate of drug-likeness (QED) is 0.389. The number of hydrogen-bond acceptors (Lipinski definition) is 6. The molecule has 174 valence electrons. The molecule has 1 aliphatic heterocycles. The number of fused-ring (bicyclic) bond motifs is 1. The van der Waals surface area contributed by atoms with Gasteiger partial charge in [0.05, 0.1) is 30.3 Å². The van der Waals surface area contributed by atoms with Gasteiger partial charge >= 0.3 is 0 Å². The van der Waals surface area contributed by atoms with Crippen LogP contribution in [0.3, 0.4) is 0 Å². The molecule has 0 saturated heterocycles. The number of methoxy groups -OCH3 is 2. The highest BCUT2D eigenvalue weighted by molar-refractivity contribution is 6.42. The predicted octanol–water partition coefficient (Wildman–Crippen LogP) is 5.34. The summed E-state index contributed by atoms with van der Waals surface area (Å²) < 4.78 is 11.5. The average molecular weight is 496 g/mol. The normalized spacial score (nSPS) is 15.7. The number of tetrazole rings is 1. The van der Waals surface area contributed by atoms with Crippen molar-refractivity contribution in [1.82, 2.24) is 25.5 Å². The fourth-order valence-corrected chi connectivity index (χ4v) is 5.07. The lowest BCUT2D eigenvalue weighted by atomic mass is 9.86. The topological polar surface area (TPSA) is 76.2 Å². The fraction of sp³-hybridized carbons (Fsp3) is 0.240. The van der Waals surface area contributed by atoms with Crippen LogP contribution in [0.25, 0.3) is 11.4 Å². The predicted molar refractivity (Wildman–Crippen MR) is 132 cm³/mol. The Morgan fingerprint density at radius 1 is 1.00 bits per heavy atom. The summed E-state index contributed by atoms with van der Waals surface area (Å²) in [5.74, 6) is 2.29. The first-order valence-electron chi connectivity index (χ1n) is 10.9. The van der Waals surface area contributed by atoms with Crippen molar-refractivity contribution in [2.75, 3.05) is 20.8 Å². The van der Waals surface area contributed by atoms with E-state index in [1.807, 2.05) is 36.4 Å². The summed E-state index contributed by atoms with van der Waals surface area (Å²) >= 11 is 13.2. The van der Waals surface area contributed by atoms with Crippen LogP contribution in [-0.4, -0.2) is 46.3 Å². The molecule has 9 heteroatoms. The average Bonchev–Trinajstić information content (AvgIpc) is 3.41. The van der Waals surface area contributed by atoms with Crippen LogP contribution in [-0.2, 0) is 13.0 Å². The SMILES string of the molecule is COc1ccc(OC)c2c1CCN(Cc1ccc(-c3nnn[nH]3)cc1)C2c1cccc(Cl)c1Cl. The Morgan fingerprint density at radius 2 is 1.76 bits per heavy atom. The Bertz CT molecular complexity index is 1300. The number of ether oxygens (including phenoxy) is 2. The van der Waals surface area contributed by atoms with Crippen LogP contribution in [0.15, 0.2) is 54.6 Å². The van der Waals surface area contributed by atoms with E-state index in [4.69, 9.17) is 32.7 Å². The van der Waals surface area contributed by atoms with E-state index in [0.717, 1.165) is 52.3 Å². The Balaban J connectivity index is 1.58. The molecule has 1 aromatic heterocycles. The molecule has 1 unspecified atom stereocenters. The molecule has 1 N–H and O–H groups in total. The molecule has 0 aliphatic carbocycles. The van der Waals surface area contributed by atoms with Gasteiger partial charge in [-0.05, 0) is 46.2 Å². The van der Waals surface area contributed by atoms with Crippen molar-refractivity contribution in [2.45, 2.75) is 19.0 Å². The molecule has 0 spiro atoms. The first-order valence-corrected chi connectivity index (χ1v) is 11.6.